The summed E-state index contributed by atoms with van der Waals surface area (Å²) in [7, 11) is 2.51. The molecule has 0 rings (SSSR count). The summed E-state index contributed by atoms with van der Waals surface area (Å²) in [6.07, 6.45) is 11.5. The molecule has 6 heteroatoms. The first-order chi connectivity index (χ1) is 9.15. The number of halogens is 1. The second kappa shape index (κ2) is 11.4. The van der Waals surface area contributed by atoms with E-state index in [0.717, 1.165) is 6.16 Å². The fourth-order valence-electron chi connectivity index (χ4n) is 0.899. The van der Waals surface area contributed by atoms with Gasteiger partial charge < -0.3 is 10.2 Å². The van der Waals surface area contributed by atoms with E-state index in [2.05, 4.69) is 26.2 Å². The topological polar surface area (TPSA) is 59.6 Å². The number of aliphatic imine (C=N–C) groups is 1. The van der Waals surface area contributed by atoms with Crippen molar-refractivity contribution < 1.29 is 9.13 Å². The molecule has 0 aromatic rings. The number of hydrogen-bond donors (Lipinski definition) is 2. The molecule has 0 spiro atoms. The molecule has 3 N–H and O–H groups in total. The lowest BCUT2D eigenvalue weighted by Gasteiger charge is -2.05. The van der Waals surface area contributed by atoms with E-state index >= 15 is 0 Å². The number of nitrogens with one attached hydrogen (secondary N) is 1. The van der Waals surface area contributed by atoms with Crippen molar-refractivity contribution in [3.05, 3.63) is 60.9 Å². The van der Waals surface area contributed by atoms with Gasteiger partial charge in [-0.1, -0.05) is 24.8 Å². The Morgan fingerprint density at radius 2 is 2.32 bits per heavy atom. The first-order valence-electron chi connectivity index (χ1n) is 5.56. The number of nitrogens with two attached hydrogens (primary N) is 1. The lowest BCUT2D eigenvalue weighted by Crippen LogP contribution is -2.12. The zero-order valence-corrected chi connectivity index (χ0v) is 12.0. The highest BCUT2D eigenvalue weighted by Crippen LogP contribution is 2.12. The van der Waals surface area contributed by atoms with Crippen LogP contribution in [0.4, 0.5) is 4.39 Å². The van der Waals surface area contributed by atoms with Crippen LogP contribution in [0.1, 0.15) is 6.92 Å². The molecule has 0 aromatic carbocycles. The summed E-state index contributed by atoms with van der Waals surface area (Å²) in [4.78, 5) is 3.93. The predicted octanol–water partition coefficient (Wildman–Crippen LogP) is 2.71. The van der Waals surface area contributed by atoms with Crippen LogP contribution in [-0.4, -0.2) is 12.1 Å². The molecule has 0 aromatic heterocycles. The molecule has 0 bridgehead atoms. The summed E-state index contributed by atoms with van der Waals surface area (Å²) in [5.74, 6) is 4.58. The van der Waals surface area contributed by atoms with Crippen LogP contribution in [0.25, 0.3) is 0 Å². The van der Waals surface area contributed by atoms with Crippen molar-refractivity contribution in [3.8, 4) is 0 Å². The fourth-order valence-corrected chi connectivity index (χ4v) is 1.06. The number of ether oxygens (including phenoxy) is 1. The molecule has 0 amide bonds. The Hall–Kier alpha value is -1.71. The van der Waals surface area contributed by atoms with Crippen molar-refractivity contribution in [3.63, 3.8) is 0 Å². The Bertz CT molecular complexity index is 426. The minimum atomic E-state index is -0.562. The van der Waals surface area contributed by atoms with E-state index in [-0.39, 0.29) is 11.7 Å². The first kappa shape index (κ1) is 17.3. The van der Waals surface area contributed by atoms with Crippen LogP contribution in [0.15, 0.2) is 65.9 Å². The van der Waals surface area contributed by atoms with Crippen LogP contribution in [0.2, 0.25) is 0 Å². The van der Waals surface area contributed by atoms with Crippen LogP contribution >= 0.6 is 9.24 Å². The molecular formula is C13H19FN3OP. The Labute approximate surface area is 115 Å². The number of allylic oxidation sites excluding steroid dienone is 5. The highest BCUT2D eigenvalue weighted by molar-refractivity contribution is 7.16. The van der Waals surface area contributed by atoms with Gasteiger partial charge in [0.25, 0.3) is 0 Å². The molecule has 4 nitrogen and oxygen atoms in total. The molecule has 19 heavy (non-hydrogen) atoms. The third kappa shape index (κ3) is 8.94. The number of nitrogens with zero attached hydrogens (tertiary/aromatic N) is 1. The van der Waals surface area contributed by atoms with E-state index in [4.69, 9.17) is 10.6 Å². The van der Waals surface area contributed by atoms with Gasteiger partial charge in [0.05, 0.1) is 0 Å². The number of hydrazine groups is 1. The number of hydrogen-bond acceptors (Lipinski definition) is 4. The Morgan fingerprint density at radius 1 is 1.58 bits per heavy atom. The van der Waals surface area contributed by atoms with Crippen LogP contribution < -0.4 is 11.3 Å². The summed E-state index contributed by atoms with van der Waals surface area (Å²) >= 11 is 0. The quantitative estimate of drug-likeness (QED) is 0.144. The second-order valence-corrected chi connectivity index (χ2v) is 3.62. The largest absolute Gasteiger partial charge is 0.437 e. The molecule has 0 fully saturated rings. The summed E-state index contributed by atoms with van der Waals surface area (Å²) in [6, 6.07) is 0. The number of rotatable bonds is 7. The lowest BCUT2D eigenvalue weighted by atomic mass is 10.4. The van der Waals surface area contributed by atoms with Gasteiger partial charge in [-0.05, 0) is 25.2 Å². The first-order valence-corrected chi connectivity index (χ1v) is 6.38. The maximum atomic E-state index is 13.6. The van der Waals surface area contributed by atoms with Gasteiger partial charge in [-0.15, -0.1) is 9.24 Å². The van der Waals surface area contributed by atoms with Crippen LogP contribution in [0, 0.1) is 0 Å². The van der Waals surface area contributed by atoms with Gasteiger partial charge in [-0.2, -0.15) is 0 Å². The van der Waals surface area contributed by atoms with Gasteiger partial charge >= 0.3 is 0 Å². The Balaban J connectivity index is 4.72. The van der Waals surface area contributed by atoms with Crippen LogP contribution in [0.3, 0.4) is 0 Å². The van der Waals surface area contributed by atoms with Crippen molar-refractivity contribution in [2.75, 3.05) is 6.16 Å². The van der Waals surface area contributed by atoms with E-state index in [1.807, 2.05) is 0 Å². The maximum absolute atomic E-state index is 13.6. The van der Waals surface area contributed by atoms with Crippen LogP contribution in [0.5, 0.6) is 0 Å². The van der Waals surface area contributed by atoms with Gasteiger partial charge in [0, 0.05) is 12.4 Å². The fraction of sp³-hybridized carbons (Fsp3) is 0.154. The van der Waals surface area contributed by atoms with Gasteiger partial charge in [0.1, 0.15) is 0 Å². The molecule has 0 aliphatic carbocycles. The molecule has 0 radical (unpaired) electrons. The molecule has 1 unspecified atom stereocenters. The minimum Gasteiger partial charge on any atom is -0.437 e. The summed E-state index contributed by atoms with van der Waals surface area (Å²) in [5, 5.41) is 0. The van der Waals surface area contributed by atoms with Crippen molar-refractivity contribution in [1.82, 2.24) is 5.43 Å². The Kier molecular flexibility index (Phi) is 10.4. The third-order valence-corrected chi connectivity index (χ3v) is 1.96. The van der Waals surface area contributed by atoms with Gasteiger partial charge in [0.2, 0.25) is 5.90 Å². The highest BCUT2D eigenvalue weighted by Gasteiger charge is 2.04. The molecule has 104 valence electrons. The molecule has 0 aliphatic heterocycles. The average Bonchev–Trinajstić information content (AvgIpc) is 2.39. The van der Waals surface area contributed by atoms with E-state index in [1.54, 1.807) is 31.2 Å². The predicted molar refractivity (Wildman–Crippen MR) is 81.8 cm³/mol. The van der Waals surface area contributed by atoms with Crippen molar-refractivity contribution in [1.29, 1.82) is 0 Å². The minimum absolute atomic E-state index is 0.112. The maximum Gasteiger partial charge on any atom is 0.219 e. The van der Waals surface area contributed by atoms with E-state index in [0.29, 0.717) is 0 Å². The van der Waals surface area contributed by atoms with E-state index in [1.165, 1.54) is 18.5 Å². The summed E-state index contributed by atoms with van der Waals surface area (Å²) in [5.41, 5.74) is 2.29. The average molecular weight is 283 g/mol. The highest BCUT2D eigenvalue weighted by atomic mass is 31.0. The summed E-state index contributed by atoms with van der Waals surface area (Å²) in [6.45, 7) is 5.29. The molecule has 0 heterocycles. The Morgan fingerprint density at radius 3 is 2.89 bits per heavy atom. The summed E-state index contributed by atoms with van der Waals surface area (Å²) < 4.78 is 18.8. The van der Waals surface area contributed by atoms with E-state index < -0.39 is 5.83 Å². The third-order valence-electron chi connectivity index (χ3n) is 1.69. The van der Waals surface area contributed by atoms with Crippen molar-refractivity contribution in [2.45, 2.75) is 6.92 Å². The second-order valence-electron chi connectivity index (χ2n) is 3.15. The zero-order valence-electron chi connectivity index (χ0n) is 10.8. The molecular weight excluding hydrogens is 264 g/mol. The molecule has 0 saturated carbocycles. The SMILES string of the molecule is C=C(OC(/C=C/C)=N/C=C/NN)/C(F)=C\C=C/CP. The van der Waals surface area contributed by atoms with Crippen LogP contribution in [-0.2, 0) is 4.74 Å². The molecule has 1 atom stereocenters. The van der Waals surface area contributed by atoms with Gasteiger partial charge in [-0.3, -0.25) is 5.84 Å². The van der Waals surface area contributed by atoms with Gasteiger partial charge in [0.15, 0.2) is 11.6 Å². The van der Waals surface area contributed by atoms with Crippen molar-refractivity contribution >= 4 is 15.1 Å². The normalized spacial score (nSPS) is 13.7. The zero-order chi connectivity index (χ0) is 14.5. The lowest BCUT2D eigenvalue weighted by molar-refractivity contribution is 0.399. The van der Waals surface area contributed by atoms with Crippen molar-refractivity contribution in [2.24, 2.45) is 10.8 Å². The standard InChI is InChI=1S/C13H19FN3OP/c1-3-6-13(16-8-9-17-15)18-11(2)12(14)7-4-5-10-19/h3-9,17H,2,10,15,19H2,1H3/b5-4-,6-3+,9-8+,12-7+,16-13+. The monoisotopic (exact) mass is 283 g/mol. The smallest absolute Gasteiger partial charge is 0.219 e. The van der Waals surface area contributed by atoms with Gasteiger partial charge in [-0.25, -0.2) is 9.38 Å². The van der Waals surface area contributed by atoms with E-state index in [9.17, 15) is 4.39 Å². The molecule has 0 aliphatic rings. The molecule has 0 saturated heterocycles.